The smallest absolute Gasteiger partial charge is 0.350 e. The first-order valence-corrected chi connectivity index (χ1v) is 10.8. The summed E-state index contributed by atoms with van der Waals surface area (Å²) in [5.41, 5.74) is 0. The first-order valence-electron chi connectivity index (χ1n) is 7.72. The van der Waals surface area contributed by atoms with E-state index < -0.39 is 52.9 Å². The van der Waals surface area contributed by atoms with Gasteiger partial charge in [0.15, 0.2) is 6.17 Å². The van der Waals surface area contributed by atoms with Gasteiger partial charge in [-0.05, 0) is 0 Å². The fourth-order valence-electron chi connectivity index (χ4n) is 3.03. The molecule has 14 nitrogen and oxygen atoms in total. The molecule has 3 aliphatic heterocycles. The van der Waals surface area contributed by atoms with E-state index >= 15 is 0 Å². The molecule has 0 saturated carbocycles. The SMILES string of the molecule is CN=C1NC=NC2C1N=CN2[C@H]1C[C@H](OP(=O)(O)O)[C@@H](COP(=O)(O)O)O1. The molecule has 0 amide bonds. The molecule has 0 radical (unpaired) electrons. The highest BCUT2D eigenvalue weighted by Crippen LogP contribution is 2.44. The molecule has 3 heterocycles. The van der Waals surface area contributed by atoms with Crippen LogP contribution in [-0.2, 0) is 22.9 Å². The van der Waals surface area contributed by atoms with Crippen LogP contribution in [0.2, 0.25) is 0 Å². The molecule has 0 aromatic rings. The van der Waals surface area contributed by atoms with E-state index in [1.807, 2.05) is 0 Å². The average molecular weight is 427 g/mol. The second-order valence-corrected chi connectivity index (χ2v) is 8.32. The van der Waals surface area contributed by atoms with Crippen molar-refractivity contribution in [2.75, 3.05) is 13.7 Å². The fraction of sp³-hybridized carbons (Fsp3) is 0.727. The van der Waals surface area contributed by atoms with Crippen LogP contribution in [0.1, 0.15) is 6.42 Å². The Hall–Kier alpha value is -1.21. The van der Waals surface area contributed by atoms with E-state index in [1.54, 1.807) is 11.9 Å². The predicted octanol–water partition coefficient (Wildman–Crippen LogP) is -1.61. The largest absolute Gasteiger partial charge is 0.469 e. The summed E-state index contributed by atoms with van der Waals surface area (Å²) in [6, 6.07) is -0.393. The van der Waals surface area contributed by atoms with Crippen LogP contribution in [0.5, 0.6) is 0 Å². The molecule has 2 unspecified atom stereocenters. The van der Waals surface area contributed by atoms with Gasteiger partial charge in [-0.2, -0.15) is 0 Å². The number of rotatable bonds is 6. The van der Waals surface area contributed by atoms with E-state index in [2.05, 4.69) is 24.8 Å². The van der Waals surface area contributed by atoms with Gasteiger partial charge < -0.3 is 34.5 Å². The molecule has 27 heavy (non-hydrogen) atoms. The summed E-state index contributed by atoms with van der Waals surface area (Å²) in [5.74, 6) is 0.594. The van der Waals surface area contributed by atoms with Crippen LogP contribution in [0.15, 0.2) is 15.0 Å². The summed E-state index contributed by atoms with van der Waals surface area (Å²) in [6.07, 6.45) is -0.565. The molecular formula is C11H19N5O9P2. The van der Waals surface area contributed by atoms with Crippen molar-refractivity contribution < 1.29 is 42.5 Å². The van der Waals surface area contributed by atoms with Crippen molar-refractivity contribution in [2.24, 2.45) is 15.0 Å². The summed E-state index contributed by atoms with van der Waals surface area (Å²) in [6.45, 7) is -0.614. The topological polar surface area (TPSA) is 195 Å². The highest BCUT2D eigenvalue weighted by molar-refractivity contribution is 7.46. The molecule has 1 fully saturated rings. The van der Waals surface area contributed by atoms with Crippen molar-refractivity contribution in [3.05, 3.63) is 0 Å². The quantitative estimate of drug-likeness (QED) is 0.306. The van der Waals surface area contributed by atoms with Gasteiger partial charge in [0.2, 0.25) is 0 Å². The Balaban J connectivity index is 1.74. The van der Waals surface area contributed by atoms with Crippen LogP contribution in [0.3, 0.4) is 0 Å². The van der Waals surface area contributed by atoms with Crippen LogP contribution < -0.4 is 5.32 Å². The molecule has 0 spiro atoms. The number of phosphoric ester groups is 2. The first-order chi connectivity index (χ1) is 12.6. The lowest BCUT2D eigenvalue weighted by Crippen LogP contribution is -2.50. The summed E-state index contributed by atoms with van der Waals surface area (Å²) in [4.78, 5) is 50.2. The average Bonchev–Trinajstić information content (AvgIpc) is 3.14. The van der Waals surface area contributed by atoms with Crippen molar-refractivity contribution in [3.63, 3.8) is 0 Å². The Morgan fingerprint density at radius 1 is 1.33 bits per heavy atom. The third kappa shape index (κ3) is 4.99. The van der Waals surface area contributed by atoms with Crippen LogP contribution in [0.4, 0.5) is 0 Å². The lowest BCUT2D eigenvalue weighted by Gasteiger charge is -2.31. The van der Waals surface area contributed by atoms with Crippen molar-refractivity contribution in [3.8, 4) is 0 Å². The molecule has 3 rings (SSSR count). The monoisotopic (exact) mass is 427 g/mol. The van der Waals surface area contributed by atoms with E-state index in [0.717, 1.165) is 0 Å². The Labute approximate surface area is 153 Å². The number of hydrogen-bond donors (Lipinski definition) is 5. The van der Waals surface area contributed by atoms with Gasteiger partial charge in [-0.25, -0.2) is 14.1 Å². The van der Waals surface area contributed by atoms with Crippen LogP contribution in [0, 0.1) is 0 Å². The number of ether oxygens (including phenoxy) is 1. The lowest BCUT2D eigenvalue weighted by molar-refractivity contribution is -0.0614. The standard InChI is InChI=1S/C11H19N5O9P2/c1-12-10-9-11(14-4-13-10)16(5-15-9)8-2-6(25-27(20,21)22)7(24-8)3-23-26(17,18)19/h4-9,11H,2-3H2,1H3,(H,12,13,14)(H2,17,18,19)(H2,20,21,22)/t6-,7+,8+,9?,11?/m0/s1. The second kappa shape index (κ2) is 7.66. The van der Waals surface area contributed by atoms with Crippen LogP contribution in [-0.4, -0.2) is 87.3 Å². The van der Waals surface area contributed by atoms with Crippen LogP contribution in [0.25, 0.3) is 0 Å². The third-order valence-electron chi connectivity index (χ3n) is 4.10. The molecule has 1 saturated heterocycles. The van der Waals surface area contributed by atoms with Crippen molar-refractivity contribution in [2.45, 2.75) is 37.1 Å². The van der Waals surface area contributed by atoms with Gasteiger partial charge in [-0.3, -0.25) is 19.0 Å². The Kier molecular flexibility index (Phi) is 5.82. The van der Waals surface area contributed by atoms with Gasteiger partial charge in [-0.15, -0.1) is 0 Å². The molecule has 0 aliphatic carbocycles. The molecule has 3 aliphatic rings. The number of fused-ring (bicyclic) bond motifs is 1. The molecule has 5 N–H and O–H groups in total. The minimum absolute atomic E-state index is 0.00289. The van der Waals surface area contributed by atoms with Gasteiger partial charge in [0.25, 0.3) is 0 Å². The maximum atomic E-state index is 11.2. The summed E-state index contributed by atoms with van der Waals surface area (Å²) < 4.78 is 36.9. The van der Waals surface area contributed by atoms with Crippen LogP contribution >= 0.6 is 15.6 Å². The molecule has 0 aromatic carbocycles. The maximum absolute atomic E-state index is 11.2. The summed E-state index contributed by atoms with van der Waals surface area (Å²) >= 11 is 0. The normalized spacial score (nSPS) is 34.9. The number of amidine groups is 1. The summed E-state index contributed by atoms with van der Waals surface area (Å²) in [5, 5.41) is 2.88. The van der Waals surface area contributed by atoms with Gasteiger partial charge >= 0.3 is 15.6 Å². The minimum Gasteiger partial charge on any atom is -0.350 e. The van der Waals surface area contributed by atoms with Gasteiger partial charge in [0, 0.05) is 13.5 Å². The van der Waals surface area contributed by atoms with E-state index in [9.17, 15) is 9.13 Å². The second-order valence-electron chi connectivity index (χ2n) is 5.89. The molecular weight excluding hydrogens is 408 g/mol. The third-order valence-corrected chi connectivity index (χ3v) is 5.13. The Bertz CT molecular complexity index is 749. The summed E-state index contributed by atoms with van der Waals surface area (Å²) in [7, 11) is -8.05. The Morgan fingerprint density at radius 3 is 2.70 bits per heavy atom. The number of phosphoric acid groups is 2. The predicted molar refractivity (Wildman–Crippen MR) is 91.1 cm³/mol. The molecule has 152 valence electrons. The van der Waals surface area contributed by atoms with Gasteiger partial charge in [-0.1, -0.05) is 0 Å². The Morgan fingerprint density at radius 2 is 2.07 bits per heavy atom. The molecule has 5 atom stereocenters. The molecule has 16 heteroatoms. The highest BCUT2D eigenvalue weighted by atomic mass is 31.2. The highest BCUT2D eigenvalue weighted by Gasteiger charge is 2.47. The zero-order chi connectivity index (χ0) is 19.8. The van der Waals surface area contributed by atoms with E-state index in [1.165, 1.54) is 12.7 Å². The number of nitrogens with zero attached hydrogens (tertiary/aromatic N) is 4. The van der Waals surface area contributed by atoms with Gasteiger partial charge in [0.1, 0.15) is 30.3 Å². The van der Waals surface area contributed by atoms with E-state index in [0.29, 0.717) is 5.84 Å². The zero-order valence-electron chi connectivity index (χ0n) is 14.0. The number of aliphatic imine (C=N–C) groups is 3. The maximum Gasteiger partial charge on any atom is 0.469 e. The van der Waals surface area contributed by atoms with E-state index in [-0.39, 0.29) is 6.42 Å². The lowest BCUT2D eigenvalue weighted by atomic mass is 10.1. The number of nitrogens with one attached hydrogen (secondary N) is 1. The first kappa shape index (κ1) is 20.5. The van der Waals surface area contributed by atoms with Crippen molar-refractivity contribution in [1.82, 2.24) is 10.2 Å². The zero-order valence-corrected chi connectivity index (χ0v) is 15.8. The molecule has 0 aromatic heterocycles. The van der Waals surface area contributed by atoms with E-state index in [4.69, 9.17) is 28.8 Å². The number of hydrogen-bond acceptors (Lipinski definition) is 9. The molecule has 0 bridgehead atoms. The van der Waals surface area contributed by atoms with Crippen molar-refractivity contribution in [1.29, 1.82) is 0 Å². The fourth-order valence-corrected chi connectivity index (χ4v) is 3.94. The van der Waals surface area contributed by atoms with Crippen molar-refractivity contribution >= 4 is 34.2 Å². The minimum atomic E-state index is -4.86. The van der Waals surface area contributed by atoms with Gasteiger partial charge in [0.05, 0.1) is 19.3 Å².